The van der Waals surface area contributed by atoms with Gasteiger partial charge in [0.15, 0.2) is 0 Å². The predicted octanol–water partition coefficient (Wildman–Crippen LogP) is 3.36. The molecular formula is C18H34N2. The Morgan fingerprint density at radius 1 is 1.00 bits per heavy atom. The second-order valence-electron chi connectivity index (χ2n) is 8.54. The maximum Gasteiger partial charge on any atom is 0.00844 e. The molecule has 0 spiro atoms. The van der Waals surface area contributed by atoms with Gasteiger partial charge in [-0.3, -0.25) is 0 Å². The summed E-state index contributed by atoms with van der Waals surface area (Å²) in [6, 6.07) is 0.427. The molecule has 3 fully saturated rings. The lowest BCUT2D eigenvalue weighted by Crippen LogP contribution is -2.46. The number of nitrogens with two attached hydrogens (primary N) is 1. The van der Waals surface area contributed by atoms with Gasteiger partial charge in [0, 0.05) is 19.1 Å². The minimum Gasteiger partial charge on any atom is -0.327 e. The van der Waals surface area contributed by atoms with Crippen LogP contribution in [-0.4, -0.2) is 31.1 Å². The number of rotatable bonds is 4. The van der Waals surface area contributed by atoms with E-state index in [-0.39, 0.29) is 0 Å². The van der Waals surface area contributed by atoms with Crippen molar-refractivity contribution >= 4 is 0 Å². The van der Waals surface area contributed by atoms with Gasteiger partial charge in [0.25, 0.3) is 0 Å². The summed E-state index contributed by atoms with van der Waals surface area (Å²) in [7, 11) is 2.34. The van der Waals surface area contributed by atoms with Gasteiger partial charge in [-0.25, -0.2) is 0 Å². The Morgan fingerprint density at radius 2 is 1.80 bits per heavy atom. The largest absolute Gasteiger partial charge is 0.327 e. The first kappa shape index (κ1) is 14.8. The fourth-order valence-electron chi connectivity index (χ4n) is 5.72. The van der Waals surface area contributed by atoms with E-state index in [9.17, 15) is 0 Å². The highest BCUT2D eigenvalue weighted by Gasteiger charge is 2.40. The van der Waals surface area contributed by atoms with E-state index in [1.807, 2.05) is 0 Å². The van der Waals surface area contributed by atoms with Gasteiger partial charge >= 0.3 is 0 Å². The van der Waals surface area contributed by atoms with Crippen LogP contribution in [0.3, 0.4) is 0 Å². The lowest BCUT2D eigenvalue weighted by Gasteiger charge is -2.40. The maximum absolute atomic E-state index is 6.45. The molecule has 3 rings (SSSR count). The van der Waals surface area contributed by atoms with Crippen LogP contribution in [0.5, 0.6) is 0 Å². The minimum absolute atomic E-state index is 0.427. The lowest BCUT2D eigenvalue weighted by atomic mass is 9.72. The van der Waals surface area contributed by atoms with Crippen molar-refractivity contribution < 1.29 is 0 Å². The first-order valence-corrected chi connectivity index (χ1v) is 8.97. The highest BCUT2D eigenvalue weighted by atomic mass is 15.1. The Hall–Kier alpha value is -0.0800. The van der Waals surface area contributed by atoms with E-state index in [0.717, 1.165) is 35.5 Å². The third kappa shape index (κ3) is 3.06. The Balaban J connectivity index is 1.49. The Bertz CT molecular complexity index is 317. The van der Waals surface area contributed by atoms with Crippen LogP contribution >= 0.6 is 0 Å². The van der Waals surface area contributed by atoms with E-state index < -0.39 is 0 Å². The molecule has 0 saturated heterocycles. The van der Waals surface area contributed by atoms with Crippen LogP contribution in [0, 0.1) is 35.5 Å². The van der Waals surface area contributed by atoms with E-state index in [1.165, 1.54) is 51.6 Å². The zero-order valence-electron chi connectivity index (χ0n) is 13.7. The summed E-state index contributed by atoms with van der Waals surface area (Å²) in [5, 5.41) is 0. The van der Waals surface area contributed by atoms with Gasteiger partial charge in [-0.2, -0.15) is 0 Å². The average Bonchev–Trinajstić information content (AvgIpc) is 2.95. The quantitative estimate of drug-likeness (QED) is 0.854. The molecule has 3 aliphatic rings. The lowest BCUT2D eigenvalue weighted by molar-refractivity contribution is 0.115. The molecule has 0 heterocycles. The van der Waals surface area contributed by atoms with Crippen molar-refractivity contribution in [1.29, 1.82) is 0 Å². The number of hydrogen-bond acceptors (Lipinski definition) is 2. The molecule has 0 aliphatic heterocycles. The molecule has 0 amide bonds. The minimum atomic E-state index is 0.427. The van der Waals surface area contributed by atoms with Gasteiger partial charge in [0.05, 0.1) is 0 Å². The summed E-state index contributed by atoms with van der Waals surface area (Å²) < 4.78 is 0. The molecule has 3 aliphatic carbocycles. The molecule has 2 bridgehead atoms. The zero-order valence-corrected chi connectivity index (χ0v) is 13.7. The molecule has 2 nitrogen and oxygen atoms in total. The molecule has 0 radical (unpaired) electrons. The van der Waals surface area contributed by atoms with Crippen LogP contribution in [0.15, 0.2) is 0 Å². The molecule has 3 saturated carbocycles. The maximum atomic E-state index is 6.45. The van der Waals surface area contributed by atoms with E-state index in [1.54, 1.807) is 0 Å². The molecule has 2 N–H and O–H groups in total. The van der Waals surface area contributed by atoms with Crippen LogP contribution in [0.25, 0.3) is 0 Å². The molecular weight excluding hydrogens is 244 g/mol. The number of hydrogen-bond donors (Lipinski definition) is 1. The van der Waals surface area contributed by atoms with E-state index >= 15 is 0 Å². The Kier molecular flexibility index (Phi) is 4.42. The molecule has 0 aromatic heterocycles. The first-order valence-electron chi connectivity index (χ1n) is 8.97. The summed E-state index contributed by atoms with van der Waals surface area (Å²) in [6.45, 7) is 7.34. The van der Waals surface area contributed by atoms with Crippen LogP contribution < -0.4 is 5.73 Å². The molecule has 0 aromatic carbocycles. The molecule has 7 atom stereocenters. The number of nitrogens with zero attached hydrogens (tertiary/aromatic N) is 1. The molecule has 20 heavy (non-hydrogen) atoms. The summed E-state index contributed by atoms with van der Waals surface area (Å²) in [4.78, 5) is 2.61. The van der Waals surface area contributed by atoms with Gasteiger partial charge in [0.1, 0.15) is 0 Å². The SMILES string of the molecule is CC1CC(C)C(CN(C)CC2CC3CCC2C3)C(N)C1. The van der Waals surface area contributed by atoms with Crippen molar-refractivity contribution in [1.82, 2.24) is 4.90 Å². The van der Waals surface area contributed by atoms with Crippen molar-refractivity contribution in [3.8, 4) is 0 Å². The summed E-state index contributed by atoms with van der Waals surface area (Å²) >= 11 is 0. The smallest absolute Gasteiger partial charge is 0.00844 e. The average molecular weight is 278 g/mol. The summed E-state index contributed by atoms with van der Waals surface area (Å²) in [5.74, 6) is 5.47. The fraction of sp³-hybridized carbons (Fsp3) is 1.00. The first-order chi connectivity index (χ1) is 9.52. The molecule has 116 valence electrons. The topological polar surface area (TPSA) is 29.3 Å². The van der Waals surface area contributed by atoms with Crippen molar-refractivity contribution in [2.24, 2.45) is 41.2 Å². The van der Waals surface area contributed by atoms with Gasteiger partial charge < -0.3 is 10.6 Å². The normalized spacial score (nSPS) is 48.1. The van der Waals surface area contributed by atoms with Gasteiger partial charge in [-0.05, 0) is 74.7 Å². The second kappa shape index (κ2) is 5.96. The highest BCUT2D eigenvalue weighted by Crippen LogP contribution is 2.48. The third-order valence-electron chi connectivity index (χ3n) is 6.68. The monoisotopic (exact) mass is 278 g/mol. The summed E-state index contributed by atoms with van der Waals surface area (Å²) in [5.41, 5.74) is 6.45. The van der Waals surface area contributed by atoms with Crippen LogP contribution in [0.4, 0.5) is 0 Å². The summed E-state index contributed by atoms with van der Waals surface area (Å²) in [6.07, 6.45) is 8.69. The van der Waals surface area contributed by atoms with E-state index in [0.29, 0.717) is 6.04 Å². The van der Waals surface area contributed by atoms with E-state index in [2.05, 4.69) is 25.8 Å². The standard InChI is InChI=1S/C18H34N2/c1-12-6-13(2)17(18(19)7-12)11-20(3)10-16-9-14-4-5-15(16)8-14/h12-18H,4-11,19H2,1-3H3. The van der Waals surface area contributed by atoms with Crippen molar-refractivity contribution in [3.63, 3.8) is 0 Å². The highest BCUT2D eigenvalue weighted by molar-refractivity contribution is 4.92. The predicted molar refractivity (Wildman–Crippen MR) is 85.5 cm³/mol. The fourth-order valence-corrected chi connectivity index (χ4v) is 5.72. The molecule has 2 heteroatoms. The molecule has 7 unspecified atom stereocenters. The van der Waals surface area contributed by atoms with Crippen molar-refractivity contribution in [2.75, 3.05) is 20.1 Å². The zero-order chi connectivity index (χ0) is 14.3. The van der Waals surface area contributed by atoms with E-state index in [4.69, 9.17) is 5.73 Å². The van der Waals surface area contributed by atoms with Gasteiger partial charge in [0.2, 0.25) is 0 Å². The second-order valence-corrected chi connectivity index (χ2v) is 8.54. The van der Waals surface area contributed by atoms with Crippen LogP contribution in [-0.2, 0) is 0 Å². The van der Waals surface area contributed by atoms with Crippen LogP contribution in [0.2, 0.25) is 0 Å². The third-order valence-corrected chi connectivity index (χ3v) is 6.68. The van der Waals surface area contributed by atoms with Crippen molar-refractivity contribution in [3.05, 3.63) is 0 Å². The van der Waals surface area contributed by atoms with Gasteiger partial charge in [-0.15, -0.1) is 0 Å². The van der Waals surface area contributed by atoms with Crippen LogP contribution in [0.1, 0.15) is 52.4 Å². The number of fused-ring (bicyclic) bond motifs is 2. The van der Waals surface area contributed by atoms with Crippen molar-refractivity contribution in [2.45, 2.75) is 58.4 Å². The molecule has 0 aromatic rings. The Labute approximate surface area is 125 Å². The Morgan fingerprint density at radius 3 is 2.40 bits per heavy atom. The van der Waals surface area contributed by atoms with Gasteiger partial charge in [-0.1, -0.05) is 20.3 Å².